The number of carboxylic acids is 1. The van der Waals surface area contributed by atoms with E-state index in [0.717, 1.165) is 0 Å². The number of hydrogen-bond acceptors (Lipinski definition) is 3. The van der Waals surface area contributed by atoms with Crippen LogP contribution in [-0.2, 0) is 14.4 Å². The van der Waals surface area contributed by atoms with Gasteiger partial charge in [-0.2, -0.15) is 0 Å². The summed E-state index contributed by atoms with van der Waals surface area (Å²) in [5, 5.41) is 11.3. The number of piperazine rings is 1. The molecule has 0 aromatic heterocycles. The molecule has 1 atom stereocenters. The molecule has 0 saturated carbocycles. The third-order valence-corrected chi connectivity index (χ3v) is 2.90. The SMILES string of the molecule is CC(C)CC1C(=O)NCCN1C(=O)CCC(=O)O. The summed E-state index contributed by atoms with van der Waals surface area (Å²) >= 11 is 0. The molecule has 0 spiro atoms. The van der Waals surface area contributed by atoms with Crippen molar-refractivity contribution >= 4 is 17.8 Å². The number of carbonyl (C=O) groups is 3. The summed E-state index contributed by atoms with van der Waals surface area (Å²) < 4.78 is 0. The number of aliphatic carboxylic acids is 1. The van der Waals surface area contributed by atoms with Crippen LogP contribution in [0.1, 0.15) is 33.1 Å². The minimum absolute atomic E-state index is 0.0444. The summed E-state index contributed by atoms with van der Waals surface area (Å²) in [6.07, 6.45) is 0.368. The molecule has 0 aromatic carbocycles. The Morgan fingerprint density at radius 2 is 2.11 bits per heavy atom. The van der Waals surface area contributed by atoms with Crippen LogP contribution < -0.4 is 5.32 Å². The van der Waals surface area contributed by atoms with Gasteiger partial charge >= 0.3 is 5.97 Å². The van der Waals surface area contributed by atoms with E-state index in [2.05, 4.69) is 5.32 Å². The quantitative estimate of drug-likeness (QED) is 0.737. The summed E-state index contributed by atoms with van der Waals surface area (Å²) in [4.78, 5) is 35.7. The molecular weight excluding hydrogens is 236 g/mol. The van der Waals surface area contributed by atoms with Gasteiger partial charge in [0, 0.05) is 19.5 Å². The van der Waals surface area contributed by atoms with Gasteiger partial charge < -0.3 is 15.3 Å². The highest BCUT2D eigenvalue weighted by Crippen LogP contribution is 2.16. The molecule has 1 aliphatic heterocycles. The molecule has 6 heteroatoms. The molecule has 0 bridgehead atoms. The van der Waals surface area contributed by atoms with E-state index in [0.29, 0.717) is 25.4 Å². The predicted molar refractivity (Wildman–Crippen MR) is 64.8 cm³/mol. The zero-order valence-corrected chi connectivity index (χ0v) is 10.8. The van der Waals surface area contributed by atoms with Crippen LogP contribution in [0.5, 0.6) is 0 Å². The molecule has 1 saturated heterocycles. The molecule has 2 N–H and O–H groups in total. The van der Waals surface area contributed by atoms with Gasteiger partial charge in [0.2, 0.25) is 11.8 Å². The van der Waals surface area contributed by atoms with Crippen LogP contribution in [0.4, 0.5) is 0 Å². The maximum Gasteiger partial charge on any atom is 0.303 e. The third kappa shape index (κ3) is 4.01. The molecule has 1 aliphatic rings. The van der Waals surface area contributed by atoms with Crippen LogP contribution in [0.2, 0.25) is 0 Å². The first-order valence-corrected chi connectivity index (χ1v) is 6.20. The monoisotopic (exact) mass is 256 g/mol. The number of rotatable bonds is 5. The highest BCUT2D eigenvalue weighted by Gasteiger charge is 2.33. The average molecular weight is 256 g/mol. The Labute approximate surface area is 106 Å². The number of carboxylic acid groups (broad SMARTS) is 1. The molecule has 1 heterocycles. The number of amides is 2. The van der Waals surface area contributed by atoms with E-state index in [4.69, 9.17) is 5.11 Å². The summed E-state index contributed by atoms with van der Waals surface area (Å²) in [5.74, 6) is -1.09. The van der Waals surface area contributed by atoms with E-state index in [-0.39, 0.29) is 24.7 Å². The number of carbonyl (C=O) groups excluding carboxylic acids is 2. The normalized spacial score (nSPS) is 19.8. The Morgan fingerprint density at radius 1 is 1.44 bits per heavy atom. The average Bonchev–Trinajstić information content (AvgIpc) is 2.28. The largest absolute Gasteiger partial charge is 0.481 e. The van der Waals surface area contributed by atoms with Gasteiger partial charge in [0.15, 0.2) is 0 Å². The van der Waals surface area contributed by atoms with Crippen molar-refractivity contribution in [2.45, 2.75) is 39.2 Å². The summed E-state index contributed by atoms with van der Waals surface area (Å²) in [6, 6.07) is -0.458. The van der Waals surface area contributed by atoms with Gasteiger partial charge in [0.25, 0.3) is 0 Å². The van der Waals surface area contributed by atoms with E-state index in [1.807, 2.05) is 13.8 Å². The number of nitrogens with one attached hydrogen (secondary N) is 1. The molecule has 0 aliphatic carbocycles. The topological polar surface area (TPSA) is 86.7 Å². The molecule has 1 fully saturated rings. The Hall–Kier alpha value is -1.59. The van der Waals surface area contributed by atoms with E-state index in [9.17, 15) is 14.4 Å². The van der Waals surface area contributed by atoms with Crippen molar-refractivity contribution in [3.8, 4) is 0 Å². The van der Waals surface area contributed by atoms with Gasteiger partial charge in [-0.25, -0.2) is 0 Å². The number of nitrogens with zero attached hydrogens (tertiary/aromatic N) is 1. The lowest BCUT2D eigenvalue weighted by molar-refractivity contribution is -0.146. The Balaban J connectivity index is 2.66. The van der Waals surface area contributed by atoms with E-state index < -0.39 is 12.0 Å². The fourth-order valence-corrected chi connectivity index (χ4v) is 2.05. The fraction of sp³-hybridized carbons (Fsp3) is 0.750. The molecule has 0 radical (unpaired) electrons. The summed E-state index contributed by atoms with van der Waals surface area (Å²) in [5.41, 5.74) is 0. The van der Waals surface area contributed by atoms with Gasteiger partial charge in [0.1, 0.15) is 6.04 Å². The third-order valence-electron chi connectivity index (χ3n) is 2.90. The highest BCUT2D eigenvalue weighted by molar-refractivity contribution is 5.89. The second-order valence-electron chi connectivity index (χ2n) is 4.92. The minimum atomic E-state index is -0.995. The fourth-order valence-electron chi connectivity index (χ4n) is 2.05. The van der Waals surface area contributed by atoms with Crippen LogP contribution in [0, 0.1) is 5.92 Å². The van der Waals surface area contributed by atoms with Gasteiger partial charge in [-0.3, -0.25) is 14.4 Å². The van der Waals surface area contributed by atoms with Crippen molar-refractivity contribution in [1.29, 1.82) is 0 Å². The van der Waals surface area contributed by atoms with Crippen molar-refractivity contribution in [3.05, 3.63) is 0 Å². The van der Waals surface area contributed by atoms with Crippen molar-refractivity contribution in [2.24, 2.45) is 5.92 Å². The summed E-state index contributed by atoms with van der Waals surface area (Å²) in [6.45, 7) is 4.87. The zero-order valence-electron chi connectivity index (χ0n) is 10.8. The lowest BCUT2D eigenvalue weighted by Gasteiger charge is -2.36. The van der Waals surface area contributed by atoms with Crippen LogP contribution >= 0.6 is 0 Å². The van der Waals surface area contributed by atoms with Crippen LogP contribution in [0.3, 0.4) is 0 Å². The van der Waals surface area contributed by atoms with Crippen LogP contribution in [-0.4, -0.2) is 46.9 Å². The molecular formula is C12H20N2O4. The number of hydrogen-bond donors (Lipinski definition) is 2. The summed E-state index contributed by atoms with van der Waals surface area (Å²) in [7, 11) is 0. The van der Waals surface area contributed by atoms with Crippen molar-refractivity contribution < 1.29 is 19.5 Å². The van der Waals surface area contributed by atoms with Gasteiger partial charge in [-0.05, 0) is 12.3 Å². The van der Waals surface area contributed by atoms with Crippen LogP contribution in [0.25, 0.3) is 0 Å². The second-order valence-corrected chi connectivity index (χ2v) is 4.92. The van der Waals surface area contributed by atoms with E-state index >= 15 is 0 Å². The molecule has 1 unspecified atom stereocenters. The van der Waals surface area contributed by atoms with Crippen molar-refractivity contribution in [2.75, 3.05) is 13.1 Å². The predicted octanol–water partition coefficient (Wildman–Crippen LogP) is 0.224. The smallest absolute Gasteiger partial charge is 0.303 e. The van der Waals surface area contributed by atoms with Gasteiger partial charge in [-0.1, -0.05) is 13.8 Å². The first kappa shape index (κ1) is 14.5. The van der Waals surface area contributed by atoms with Crippen molar-refractivity contribution in [3.63, 3.8) is 0 Å². The minimum Gasteiger partial charge on any atom is -0.481 e. The maximum atomic E-state index is 11.9. The second kappa shape index (κ2) is 6.37. The lowest BCUT2D eigenvalue weighted by Crippen LogP contribution is -2.57. The van der Waals surface area contributed by atoms with E-state index in [1.54, 1.807) is 0 Å². The standard InChI is InChI=1S/C12H20N2O4/c1-8(2)7-9-12(18)13-5-6-14(9)10(15)3-4-11(16)17/h8-9H,3-7H2,1-2H3,(H,13,18)(H,16,17). The van der Waals surface area contributed by atoms with Crippen molar-refractivity contribution in [1.82, 2.24) is 10.2 Å². The molecule has 18 heavy (non-hydrogen) atoms. The Kier molecular flexibility index (Phi) is 5.12. The molecule has 6 nitrogen and oxygen atoms in total. The highest BCUT2D eigenvalue weighted by atomic mass is 16.4. The molecule has 102 valence electrons. The molecule has 0 aromatic rings. The van der Waals surface area contributed by atoms with E-state index in [1.165, 1.54) is 4.90 Å². The first-order valence-electron chi connectivity index (χ1n) is 6.20. The molecule has 2 amide bonds. The maximum absolute atomic E-state index is 11.9. The molecule has 1 rings (SSSR count). The van der Waals surface area contributed by atoms with Gasteiger partial charge in [0.05, 0.1) is 6.42 Å². The van der Waals surface area contributed by atoms with Gasteiger partial charge in [-0.15, -0.1) is 0 Å². The first-order chi connectivity index (χ1) is 8.41. The lowest BCUT2D eigenvalue weighted by atomic mass is 9.99. The van der Waals surface area contributed by atoms with Crippen LogP contribution in [0.15, 0.2) is 0 Å². The zero-order chi connectivity index (χ0) is 13.7. The Bertz CT molecular complexity index is 341. The Morgan fingerprint density at radius 3 is 2.67 bits per heavy atom.